The van der Waals surface area contributed by atoms with Gasteiger partial charge >= 0.3 is 6.18 Å². The van der Waals surface area contributed by atoms with Crippen LogP contribution in [0.5, 0.6) is 0 Å². The molecule has 1 amide bonds. The van der Waals surface area contributed by atoms with Crippen molar-refractivity contribution in [3.63, 3.8) is 0 Å². The Morgan fingerprint density at radius 3 is 2.54 bits per heavy atom. The lowest BCUT2D eigenvalue weighted by Gasteiger charge is -2.17. The molecule has 1 heterocycles. The highest BCUT2D eigenvalue weighted by atomic mass is 19.4. The molecule has 0 saturated carbocycles. The van der Waals surface area contributed by atoms with Gasteiger partial charge in [0, 0.05) is 23.7 Å². The van der Waals surface area contributed by atoms with Gasteiger partial charge < -0.3 is 21.3 Å². The summed E-state index contributed by atoms with van der Waals surface area (Å²) in [6.07, 6.45) is -1.19. The maximum absolute atomic E-state index is 13.4. The van der Waals surface area contributed by atoms with Crippen LogP contribution in [0, 0.1) is 6.92 Å². The second-order valence-electron chi connectivity index (χ2n) is 9.68. The number of carbonyl (C=O) groups excluding carboxylic acids is 1. The van der Waals surface area contributed by atoms with Gasteiger partial charge in [-0.05, 0) is 99.6 Å². The molecule has 7 nitrogen and oxygen atoms in total. The minimum atomic E-state index is -4.49. The van der Waals surface area contributed by atoms with Crippen LogP contribution in [0.25, 0.3) is 22.0 Å². The van der Waals surface area contributed by atoms with Gasteiger partial charge in [-0.1, -0.05) is 12.1 Å². The van der Waals surface area contributed by atoms with Gasteiger partial charge in [-0.3, -0.25) is 4.79 Å². The highest BCUT2D eigenvalue weighted by Crippen LogP contribution is 2.34. The number of anilines is 3. The molecule has 39 heavy (non-hydrogen) atoms. The Morgan fingerprint density at radius 2 is 1.79 bits per heavy atom. The average molecular weight is 537 g/mol. The number of carbonyl (C=O) groups is 1. The van der Waals surface area contributed by atoms with E-state index >= 15 is 0 Å². The third-order valence-electron chi connectivity index (χ3n) is 6.35. The summed E-state index contributed by atoms with van der Waals surface area (Å²) in [4.78, 5) is 23.6. The van der Waals surface area contributed by atoms with E-state index in [2.05, 4.69) is 20.6 Å². The number of fused-ring (bicyclic) bond motifs is 1. The molecule has 4 rings (SSSR count). The largest absolute Gasteiger partial charge is 0.416 e. The molecular formula is C29H31F3N6O. The van der Waals surface area contributed by atoms with Gasteiger partial charge in [0.2, 0.25) is 5.95 Å². The molecule has 0 bridgehead atoms. The normalized spacial score (nSPS) is 11.7. The van der Waals surface area contributed by atoms with E-state index in [-0.39, 0.29) is 17.3 Å². The lowest BCUT2D eigenvalue weighted by atomic mass is 9.97. The van der Waals surface area contributed by atoms with E-state index in [1.165, 1.54) is 6.07 Å². The predicted octanol–water partition coefficient (Wildman–Crippen LogP) is 6.21. The first-order chi connectivity index (χ1) is 18.5. The van der Waals surface area contributed by atoms with Crippen molar-refractivity contribution in [2.45, 2.75) is 25.9 Å². The molecule has 0 aliphatic rings. The van der Waals surface area contributed by atoms with Crippen molar-refractivity contribution in [3.05, 3.63) is 77.5 Å². The quantitative estimate of drug-likeness (QED) is 0.220. The van der Waals surface area contributed by atoms with Crippen LogP contribution in [-0.4, -0.2) is 48.0 Å². The molecule has 0 aliphatic carbocycles. The van der Waals surface area contributed by atoms with E-state index in [0.717, 1.165) is 53.6 Å². The number of aryl methyl sites for hydroxylation is 1. The number of halogens is 3. The van der Waals surface area contributed by atoms with Crippen LogP contribution in [0.15, 0.2) is 60.8 Å². The smallest absolute Gasteiger partial charge is 0.383 e. The van der Waals surface area contributed by atoms with Crippen LogP contribution in [0.1, 0.15) is 34.3 Å². The van der Waals surface area contributed by atoms with Crippen molar-refractivity contribution < 1.29 is 18.0 Å². The van der Waals surface area contributed by atoms with Crippen molar-refractivity contribution in [2.24, 2.45) is 0 Å². The zero-order chi connectivity index (χ0) is 28.2. The molecule has 0 aliphatic heterocycles. The number of nitrogens with zero attached hydrogens (tertiary/aromatic N) is 3. The zero-order valence-corrected chi connectivity index (χ0v) is 22.1. The summed E-state index contributed by atoms with van der Waals surface area (Å²) < 4.78 is 40.2. The summed E-state index contributed by atoms with van der Waals surface area (Å²) in [6, 6.07) is 14.2. The van der Waals surface area contributed by atoms with Crippen molar-refractivity contribution in [1.29, 1.82) is 0 Å². The number of nitrogens with one attached hydrogen (secondary N) is 2. The Labute approximate surface area is 225 Å². The fourth-order valence-electron chi connectivity index (χ4n) is 4.24. The summed E-state index contributed by atoms with van der Waals surface area (Å²) in [5, 5.41) is 6.66. The molecule has 4 N–H and O–H groups in total. The van der Waals surface area contributed by atoms with Gasteiger partial charge in [-0.15, -0.1) is 0 Å². The minimum absolute atomic E-state index is 0.191. The number of hydrogen-bond acceptors (Lipinski definition) is 6. The molecular weight excluding hydrogens is 505 g/mol. The van der Waals surface area contributed by atoms with Gasteiger partial charge in [0.05, 0.1) is 22.5 Å². The van der Waals surface area contributed by atoms with Gasteiger partial charge in [0.15, 0.2) is 0 Å². The van der Waals surface area contributed by atoms with E-state index in [0.29, 0.717) is 17.6 Å². The molecule has 0 radical (unpaired) electrons. The first-order valence-electron chi connectivity index (χ1n) is 12.6. The van der Waals surface area contributed by atoms with E-state index < -0.39 is 17.6 Å². The highest BCUT2D eigenvalue weighted by molar-refractivity contribution is 6.06. The molecule has 0 spiro atoms. The number of nitrogen functional groups attached to an aromatic ring is 1. The number of rotatable bonds is 9. The number of alkyl halides is 3. The van der Waals surface area contributed by atoms with Gasteiger partial charge in [0.1, 0.15) is 0 Å². The lowest BCUT2D eigenvalue weighted by molar-refractivity contribution is -0.137. The van der Waals surface area contributed by atoms with Crippen LogP contribution in [0.3, 0.4) is 0 Å². The van der Waals surface area contributed by atoms with E-state index in [9.17, 15) is 18.0 Å². The molecule has 204 valence electrons. The average Bonchev–Trinajstić information content (AvgIpc) is 2.88. The number of benzene rings is 3. The number of nitrogens with two attached hydrogens (primary N) is 1. The number of unbranched alkanes of at least 4 members (excludes halogenated alkanes) is 1. The topological polar surface area (TPSA) is 96.2 Å². The molecule has 0 unspecified atom stereocenters. The number of amides is 1. The predicted molar refractivity (Wildman–Crippen MR) is 150 cm³/mol. The van der Waals surface area contributed by atoms with E-state index in [1.54, 1.807) is 18.3 Å². The Balaban J connectivity index is 1.58. The molecule has 1 aromatic heterocycles. The third-order valence-corrected chi connectivity index (χ3v) is 6.35. The van der Waals surface area contributed by atoms with Crippen molar-refractivity contribution in [2.75, 3.05) is 43.6 Å². The summed E-state index contributed by atoms with van der Waals surface area (Å²) in [5.74, 6) is -0.237. The van der Waals surface area contributed by atoms with Crippen molar-refractivity contribution >= 4 is 34.1 Å². The van der Waals surface area contributed by atoms with Crippen LogP contribution in [-0.2, 0) is 6.18 Å². The highest BCUT2D eigenvalue weighted by Gasteiger charge is 2.31. The van der Waals surface area contributed by atoms with Gasteiger partial charge in [0.25, 0.3) is 5.91 Å². The molecule has 4 aromatic rings. The van der Waals surface area contributed by atoms with Crippen LogP contribution < -0.4 is 16.4 Å². The number of hydrogen-bond donors (Lipinski definition) is 3. The fraction of sp³-hybridized carbons (Fsp3) is 0.276. The second kappa shape index (κ2) is 11.7. The molecule has 0 fully saturated rings. The summed E-state index contributed by atoms with van der Waals surface area (Å²) in [5.41, 5.74) is 9.16. The standard InChI is InChI=1S/C29H31F3N6O/c1-18-6-7-20(15-23(18)19-8-10-24-21(14-19)17-35-28(33)37-24)27(39)36-25-11-9-22(29(30,31)32)16-26(25)34-12-4-5-13-38(2)3/h6-11,14-17,34H,4-5,12-13H2,1-3H3,(H,36,39)(H2,33,35,37). The third kappa shape index (κ3) is 7.02. The first-order valence-corrected chi connectivity index (χ1v) is 12.6. The summed E-state index contributed by atoms with van der Waals surface area (Å²) in [7, 11) is 3.93. The minimum Gasteiger partial charge on any atom is -0.383 e. The zero-order valence-electron chi connectivity index (χ0n) is 22.1. The lowest BCUT2D eigenvalue weighted by Crippen LogP contribution is -2.16. The Morgan fingerprint density at radius 1 is 1.00 bits per heavy atom. The molecule has 0 atom stereocenters. The SMILES string of the molecule is Cc1ccc(C(=O)Nc2ccc(C(F)(F)F)cc2NCCCCN(C)C)cc1-c1ccc2nc(N)ncc2c1. The maximum Gasteiger partial charge on any atom is 0.416 e. The van der Waals surface area contributed by atoms with E-state index in [4.69, 9.17) is 5.73 Å². The van der Waals surface area contributed by atoms with Crippen LogP contribution in [0.4, 0.5) is 30.5 Å². The van der Waals surface area contributed by atoms with Gasteiger partial charge in [-0.25, -0.2) is 9.97 Å². The first kappa shape index (κ1) is 27.8. The van der Waals surface area contributed by atoms with Gasteiger partial charge in [-0.2, -0.15) is 13.2 Å². The molecule has 3 aromatic carbocycles. The second-order valence-corrected chi connectivity index (χ2v) is 9.68. The van der Waals surface area contributed by atoms with E-state index in [1.807, 2.05) is 50.2 Å². The molecule has 0 saturated heterocycles. The Kier molecular flexibility index (Phi) is 8.35. The fourth-order valence-corrected chi connectivity index (χ4v) is 4.24. The molecule has 10 heteroatoms. The summed E-state index contributed by atoms with van der Waals surface area (Å²) in [6.45, 7) is 3.29. The number of aromatic nitrogens is 2. The monoisotopic (exact) mass is 536 g/mol. The maximum atomic E-state index is 13.4. The van der Waals surface area contributed by atoms with Crippen LogP contribution in [0.2, 0.25) is 0 Å². The summed E-state index contributed by atoms with van der Waals surface area (Å²) >= 11 is 0. The van der Waals surface area contributed by atoms with Crippen molar-refractivity contribution in [1.82, 2.24) is 14.9 Å². The van der Waals surface area contributed by atoms with Crippen molar-refractivity contribution in [3.8, 4) is 11.1 Å². The van der Waals surface area contributed by atoms with Crippen LogP contribution >= 0.6 is 0 Å². The Hall–Kier alpha value is -4.18. The Bertz CT molecular complexity index is 1490.